The minimum absolute atomic E-state index is 0.219. The van der Waals surface area contributed by atoms with Gasteiger partial charge >= 0.3 is 0 Å². The van der Waals surface area contributed by atoms with Crippen LogP contribution in [0.15, 0.2) is 53.4 Å². The molecule has 1 heterocycles. The van der Waals surface area contributed by atoms with E-state index in [0.29, 0.717) is 44.4 Å². The summed E-state index contributed by atoms with van der Waals surface area (Å²) in [5, 5.41) is 0.403. The summed E-state index contributed by atoms with van der Waals surface area (Å²) in [5.74, 6) is -0.131. The highest BCUT2D eigenvalue weighted by molar-refractivity contribution is 7.89. The number of benzene rings is 2. The minimum atomic E-state index is -3.52. The molecule has 0 bridgehead atoms. The molecule has 0 radical (unpaired) electrons. The largest absolute Gasteiger partial charge is 0.485 e. The van der Waals surface area contributed by atoms with Gasteiger partial charge in [0.15, 0.2) is 11.6 Å². The molecule has 1 saturated heterocycles. The highest BCUT2D eigenvalue weighted by Crippen LogP contribution is 2.19. The van der Waals surface area contributed by atoms with Crippen LogP contribution in [0.25, 0.3) is 0 Å². The molecule has 0 atom stereocenters. The Morgan fingerprint density at radius 1 is 1.12 bits per heavy atom. The monoisotopic (exact) mass is 399 g/mol. The fraction of sp³-hybridized carbons (Fsp3) is 0.333. The second-order valence-electron chi connectivity index (χ2n) is 6.14. The highest BCUT2D eigenvalue weighted by Gasteiger charge is 2.30. The maximum Gasteiger partial charge on any atom is 0.243 e. The number of sulfonamides is 1. The van der Waals surface area contributed by atoms with Crippen LogP contribution in [-0.2, 0) is 10.0 Å². The van der Waals surface area contributed by atoms with Crippen molar-refractivity contribution < 1.29 is 22.4 Å². The predicted molar refractivity (Wildman–Crippen MR) is 97.7 cm³/mol. The molecule has 1 N–H and O–H groups in total. The molecule has 0 aliphatic carbocycles. The number of nitrogens with zero attached hydrogens (tertiary/aromatic N) is 1. The molecule has 0 spiro atoms. The van der Waals surface area contributed by atoms with E-state index in [1.54, 1.807) is 36.4 Å². The molecule has 5 nitrogen and oxygen atoms in total. The topological polar surface area (TPSA) is 51.0 Å². The van der Waals surface area contributed by atoms with E-state index in [4.69, 9.17) is 16.3 Å². The van der Waals surface area contributed by atoms with Crippen molar-refractivity contribution in [3.05, 3.63) is 59.4 Å². The first-order chi connectivity index (χ1) is 12.5. The van der Waals surface area contributed by atoms with Crippen LogP contribution in [0.5, 0.6) is 5.75 Å². The van der Waals surface area contributed by atoms with Crippen molar-refractivity contribution in [2.45, 2.75) is 4.90 Å². The summed E-state index contributed by atoms with van der Waals surface area (Å²) in [6.45, 7) is 3.31. The van der Waals surface area contributed by atoms with Crippen LogP contribution in [0.2, 0.25) is 5.02 Å². The van der Waals surface area contributed by atoms with Crippen molar-refractivity contribution in [3.63, 3.8) is 0 Å². The summed E-state index contributed by atoms with van der Waals surface area (Å²) < 4.78 is 45.8. The normalized spacial score (nSPS) is 16.5. The second kappa shape index (κ2) is 8.35. The number of piperazine rings is 1. The minimum Gasteiger partial charge on any atom is -0.485 e. The molecule has 26 heavy (non-hydrogen) atoms. The van der Waals surface area contributed by atoms with E-state index in [2.05, 4.69) is 0 Å². The first-order valence-electron chi connectivity index (χ1n) is 8.43. The van der Waals surface area contributed by atoms with E-state index in [9.17, 15) is 12.8 Å². The van der Waals surface area contributed by atoms with Crippen molar-refractivity contribution in [2.24, 2.45) is 0 Å². The molecule has 0 aromatic heterocycles. The van der Waals surface area contributed by atoms with Crippen molar-refractivity contribution in [1.82, 2.24) is 4.31 Å². The van der Waals surface area contributed by atoms with Crippen LogP contribution in [0.1, 0.15) is 0 Å². The van der Waals surface area contributed by atoms with E-state index >= 15 is 0 Å². The van der Waals surface area contributed by atoms with Gasteiger partial charge in [-0.1, -0.05) is 29.8 Å². The zero-order valence-electron chi connectivity index (χ0n) is 14.2. The van der Waals surface area contributed by atoms with Crippen molar-refractivity contribution >= 4 is 21.6 Å². The van der Waals surface area contributed by atoms with Gasteiger partial charge in [-0.25, -0.2) is 12.8 Å². The van der Waals surface area contributed by atoms with Gasteiger partial charge in [0.05, 0.1) is 31.1 Å². The van der Waals surface area contributed by atoms with Crippen molar-refractivity contribution in [2.75, 3.05) is 39.3 Å². The standard InChI is InChI=1S/C18H20ClFN2O3S/c19-15-4-3-5-16(14-15)26(23,24)22-10-8-21(9-11-22)12-13-25-18-7-2-1-6-17(18)20/h1-7,14H,8-13H2/p+1. The molecule has 2 aromatic rings. The highest BCUT2D eigenvalue weighted by atomic mass is 35.5. The van der Waals surface area contributed by atoms with E-state index in [-0.39, 0.29) is 16.5 Å². The summed E-state index contributed by atoms with van der Waals surface area (Å²) in [5.41, 5.74) is 0. The van der Waals surface area contributed by atoms with E-state index < -0.39 is 10.0 Å². The number of ether oxygens (including phenoxy) is 1. The maximum absolute atomic E-state index is 13.5. The van der Waals surface area contributed by atoms with Crippen LogP contribution in [0.3, 0.4) is 0 Å². The lowest BCUT2D eigenvalue weighted by atomic mass is 10.3. The molecule has 0 saturated carbocycles. The van der Waals surface area contributed by atoms with Crippen LogP contribution in [0.4, 0.5) is 4.39 Å². The fourth-order valence-corrected chi connectivity index (χ4v) is 4.68. The Morgan fingerprint density at radius 3 is 2.54 bits per heavy atom. The lowest BCUT2D eigenvalue weighted by Crippen LogP contribution is -3.15. The number of quaternary nitrogens is 1. The summed E-state index contributed by atoms with van der Waals surface area (Å²) in [4.78, 5) is 1.45. The number of rotatable bonds is 6. The van der Waals surface area contributed by atoms with Crippen molar-refractivity contribution in [1.29, 1.82) is 0 Å². The van der Waals surface area contributed by atoms with Crippen LogP contribution < -0.4 is 9.64 Å². The van der Waals surface area contributed by atoms with E-state index in [0.717, 1.165) is 0 Å². The quantitative estimate of drug-likeness (QED) is 0.799. The molecule has 140 valence electrons. The van der Waals surface area contributed by atoms with Crippen LogP contribution in [-0.4, -0.2) is 52.1 Å². The number of hydrogen-bond donors (Lipinski definition) is 1. The zero-order valence-corrected chi connectivity index (χ0v) is 15.8. The molecular weight excluding hydrogens is 379 g/mol. The number of hydrogen-bond acceptors (Lipinski definition) is 3. The van der Waals surface area contributed by atoms with Crippen LogP contribution >= 0.6 is 11.6 Å². The van der Waals surface area contributed by atoms with Gasteiger partial charge in [0.25, 0.3) is 0 Å². The maximum atomic E-state index is 13.5. The first-order valence-corrected chi connectivity index (χ1v) is 10.3. The molecule has 0 unspecified atom stereocenters. The summed E-state index contributed by atoms with van der Waals surface area (Å²) >= 11 is 5.90. The number of para-hydroxylation sites is 1. The Balaban J connectivity index is 1.50. The van der Waals surface area contributed by atoms with Gasteiger partial charge in [0.2, 0.25) is 10.0 Å². The second-order valence-corrected chi connectivity index (χ2v) is 8.51. The molecule has 1 aliphatic rings. The summed E-state index contributed by atoms with van der Waals surface area (Å²) in [6, 6.07) is 12.6. The van der Waals surface area contributed by atoms with Gasteiger partial charge in [-0.15, -0.1) is 0 Å². The molecule has 0 amide bonds. The van der Waals surface area contributed by atoms with Gasteiger partial charge in [-0.2, -0.15) is 4.31 Å². The van der Waals surface area contributed by atoms with Gasteiger partial charge in [0.1, 0.15) is 13.2 Å². The van der Waals surface area contributed by atoms with E-state index in [1.807, 2.05) is 0 Å². The third-order valence-corrected chi connectivity index (χ3v) is 6.54. The summed E-state index contributed by atoms with van der Waals surface area (Å²) in [7, 11) is -3.52. The Morgan fingerprint density at radius 2 is 1.85 bits per heavy atom. The first kappa shape index (κ1) is 19.1. The Hall–Kier alpha value is -1.67. The SMILES string of the molecule is O=S(=O)(c1cccc(Cl)c1)N1CC[NH+](CCOc2ccccc2F)CC1. The van der Waals surface area contributed by atoms with Crippen LogP contribution in [0, 0.1) is 5.82 Å². The molecule has 2 aromatic carbocycles. The third kappa shape index (κ3) is 4.54. The average molecular weight is 400 g/mol. The third-order valence-electron chi connectivity index (χ3n) is 4.41. The van der Waals surface area contributed by atoms with E-state index in [1.165, 1.54) is 21.3 Å². The molecular formula is C18H21ClFN2O3S+. The molecule has 1 fully saturated rings. The Kier molecular flexibility index (Phi) is 6.13. The Labute approximate surface area is 158 Å². The average Bonchev–Trinajstić information content (AvgIpc) is 2.64. The smallest absolute Gasteiger partial charge is 0.243 e. The number of nitrogens with one attached hydrogen (secondary N) is 1. The Bertz CT molecular complexity index is 855. The van der Waals surface area contributed by atoms with Gasteiger partial charge in [0, 0.05) is 5.02 Å². The van der Waals surface area contributed by atoms with Crippen molar-refractivity contribution in [3.8, 4) is 5.75 Å². The van der Waals surface area contributed by atoms with Gasteiger partial charge in [-0.05, 0) is 30.3 Å². The summed E-state index contributed by atoms with van der Waals surface area (Å²) in [6.07, 6.45) is 0. The fourth-order valence-electron chi connectivity index (χ4n) is 2.94. The number of halogens is 2. The molecule has 1 aliphatic heterocycles. The molecule has 8 heteroatoms. The van der Waals surface area contributed by atoms with Gasteiger partial charge < -0.3 is 9.64 Å². The zero-order chi connectivity index (χ0) is 18.6. The lowest BCUT2D eigenvalue weighted by molar-refractivity contribution is -0.903. The van der Waals surface area contributed by atoms with Gasteiger partial charge in [-0.3, -0.25) is 0 Å². The molecule has 3 rings (SSSR count). The lowest BCUT2D eigenvalue weighted by Gasteiger charge is -2.31. The predicted octanol–water partition coefficient (Wildman–Crippen LogP) is 1.45.